The molecular formula is C13H14F3NO2. The number of benzene rings is 1. The first-order valence-corrected chi connectivity index (χ1v) is 6.03. The molecule has 1 heterocycles. The van der Waals surface area contributed by atoms with Crippen molar-refractivity contribution in [3.63, 3.8) is 0 Å². The van der Waals surface area contributed by atoms with Crippen LogP contribution < -0.4 is 4.90 Å². The van der Waals surface area contributed by atoms with Gasteiger partial charge in [-0.25, -0.2) is 0 Å². The summed E-state index contributed by atoms with van der Waals surface area (Å²) >= 11 is 0. The lowest BCUT2D eigenvalue weighted by Crippen LogP contribution is -2.31. The van der Waals surface area contributed by atoms with Crippen LogP contribution >= 0.6 is 0 Å². The minimum Gasteiger partial charge on any atom is -0.481 e. The topological polar surface area (TPSA) is 40.5 Å². The summed E-state index contributed by atoms with van der Waals surface area (Å²) in [6.07, 6.45) is -2.71. The minimum absolute atomic E-state index is 0.0149. The van der Waals surface area contributed by atoms with E-state index in [1.54, 1.807) is 0 Å². The Hall–Kier alpha value is -1.72. The second-order valence-electron chi connectivity index (χ2n) is 4.63. The number of carboxylic acids is 1. The maximum absolute atomic E-state index is 12.5. The van der Waals surface area contributed by atoms with Crippen molar-refractivity contribution in [1.29, 1.82) is 0 Å². The van der Waals surface area contributed by atoms with Crippen LogP contribution in [-0.2, 0) is 11.0 Å². The van der Waals surface area contributed by atoms with Crippen molar-refractivity contribution in [3.8, 4) is 0 Å². The number of nitrogens with zero attached hydrogens (tertiary/aromatic N) is 1. The maximum Gasteiger partial charge on any atom is 0.416 e. The molecule has 0 saturated carbocycles. The van der Waals surface area contributed by atoms with E-state index in [-0.39, 0.29) is 12.5 Å². The number of carboxylic acid groups (broad SMARTS) is 1. The van der Waals surface area contributed by atoms with Gasteiger partial charge in [-0.3, -0.25) is 4.79 Å². The van der Waals surface area contributed by atoms with E-state index in [2.05, 4.69) is 0 Å². The average Bonchev–Trinajstić information content (AvgIpc) is 2.75. The monoisotopic (exact) mass is 273 g/mol. The Labute approximate surface area is 108 Å². The summed E-state index contributed by atoms with van der Waals surface area (Å²) in [4.78, 5) is 12.6. The zero-order chi connectivity index (χ0) is 14.0. The Kier molecular flexibility index (Phi) is 3.68. The summed E-state index contributed by atoms with van der Waals surface area (Å²) in [6.45, 7) is 0.684. The first-order valence-electron chi connectivity index (χ1n) is 6.03. The predicted molar refractivity (Wildman–Crippen MR) is 64.1 cm³/mol. The lowest BCUT2D eigenvalue weighted by Gasteiger charge is -2.26. The molecule has 104 valence electrons. The Morgan fingerprint density at radius 1 is 1.32 bits per heavy atom. The fourth-order valence-corrected chi connectivity index (χ4v) is 2.43. The second kappa shape index (κ2) is 5.11. The summed E-state index contributed by atoms with van der Waals surface area (Å²) in [5, 5.41) is 8.81. The third-order valence-electron chi connectivity index (χ3n) is 3.31. The summed E-state index contributed by atoms with van der Waals surface area (Å²) in [6, 6.07) is 4.75. The van der Waals surface area contributed by atoms with Crippen LogP contribution in [0.3, 0.4) is 0 Å². The van der Waals surface area contributed by atoms with Gasteiger partial charge in [-0.15, -0.1) is 0 Å². The standard InChI is InChI=1S/C13H14F3NO2/c14-13(15,16)9-3-5-10(6-4-9)17-7-1-2-11(17)8-12(18)19/h3-6,11H,1-2,7-8H2,(H,18,19). The largest absolute Gasteiger partial charge is 0.481 e. The van der Waals surface area contributed by atoms with E-state index < -0.39 is 17.7 Å². The Balaban J connectivity index is 2.15. The van der Waals surface area contributed by atoms with Crippen LogP contribution in [0, 0.1) is 0 Å². The number of hydrogen-bond acceptors (Lipinski definition) is 2. The molecule has 1 N–H and O–H groups in total. The molecule has 1 aromatic rings. The first kappa shape index (κ1) is 13.7. The molecule has 3 nitrogen and oxygen atoms in total. The Morgan fingerprint density at radius 3 is 2.47 bits per heavy atom. The number of alkyl halides is 3. The quantitative estimate of drug-likeness (QED) is 0.919. The third-order valence-corrected chi connectivity index (χ3v) is 3.31. The zero-order valence-electron chi connectivity index (χ0n) is 10.2. The van der Waals surface area contributed by atoms with E-state index in [1.807, 2.05) is 4.90 Å². The molecule has 0 bridgehead atoms. The van der Waals surface area contributed by atoms with Gasteiger partial charge in [0.05, 0.1) is 12.0 Å². The van der Waals surface area contributed by atoms with E-state index in [0.29, 0.717) is 12.2 Å². The molecule has 6 heteroatoms. The summed E-state index contributed by atoms with van der Waals surface area (Å²) in [5.74, 6) is -0.885. The molecule has 0 amide bonds. The molecule has 1 aromatic carbocycles. The smallest absolute Gasteiger partial charge is 0.416 e. The van der Waals surface area contributed by atoms with E-state index in [9.17, 15) is 18.0 Å². The lowest BCUT2D eigenvalue weighted by molar-refractivity contribution is -0.138. The van der Waals surface area contributed by atoms with Crippen molar-refractivity contribution in [2.45, 2.75) is 31.5 Å². The van der Waals surface area contributed by atoms with Gasteiger partial charge < -0.3 is 10.0 Å². The average molecular weight is 273 g/mol. The van der Waals surface area contributed by atoms with Gasteiger partial charge >= 0.3 is 12.1 Å². The van der Waals surface area contributed by atoms with E-state index in [0.717, 1.165) is 25.0 Å². The van der Waals surface area contributed by atoms with E-state index >= 15 is 0 Å². The van der Waals surface area contributed by atoms with Crippen molar-refractivity contribution < 1.29 is 23.1 Å². The third kappa shape index (κ3) is 3.19. The first-order chi connectivity index (χ1) is 8.88. The number of hydrogen-bond donors (Lipinski definition) is 1. The van der Waals surface area contributed by atoms with Gasteiger partial charge in [0.1, 0.15) is 0 Å². The van der Waals surface area contributed by atoms with Crippen LogP contribution in [0.25, 0.3) is 0 Å². The maximum atomic E-state index is 12.5. The molecule has 1 fully saturated rings. The predicted octanol–water partition coefficient (Wildman–Crippen LogP) is 3.15. The van der Waals surface area contributed by atoms with Crippen molar-refractivity contribution in [2.24, 2.45) is 0 Å². The SMILES string of the molecule is O=C(O)CC1CCCN1c1ccc(C(F)(F)F)cc1. The summed E-state index contributed by atoms with van der Waals surface area (Å²) < 4.78 is 37.4. The molecule has 0 spiro atoms. The highest BCUT2D eigenvalue weighted by atomic mass is 19.4. The van der Waals surface area contributed by atoms with Crippen molar-refractivity contribution >= 4 is 11.7 Å². The molecule has 1 aliphatic heterocycles. The molecule has 1 aliphatic rings. The molecule has 0 aromatic heterocycles. The molecule has 0 aliphatic carbocycles. The van der Waals surface area contributed by atoms with Gasteiger partial charge in [-0.05, 0) is 37.1 Å². The van der Waals surface area contributed by atoms with Crippen molar-refractivity contribution in [2.75, 3.05) is 11.4 Å². The van der Waals surface area contributed by atoms with Gasteiger partial charge in [-0.2, -0.15) is 13.2 Å². The number of anilines is 1. The summed E-state index contributed by atoms with van der Waals surface area (Å²) in [5.41, 5.74) is -0.0398. The normalized spacial score (nSPS) is 19.7. The Morgan fingerprint density at radius 2 is 1.95 bits per heavy atom. The molecule has 1 atom stereocenters. The molecule has 19 heavy (non-hydrogen) atoms. The van der Waals surface area contributed by atoms with Gasteiger partial charge in [0.2, 0.25) is 0 Å². The van der Waals surface area contributed by atoms with Crippen LogP contribution in [0.1, 0.15) is 24.8 Å². The van der Waals surface area contributed by atoms with E-state index in [1.165, 1.54) is 12.1 Å². The minimum atomic E-state index is -4.34. The lowest BCUT2D eigenvalue weighted by atomic mass is 10.1. The second-order valence-corrected chi connectivity index (χ2v) is 4.63. The molecule has 1 unspecified atom stereocenters. The van der Waals surface area contributed by atoms with Crippen molar-refractivity contribution in [1.82, 2.24) is 0 Å². The van der Waals surface area contributed by atoms with Gasteiger partial charge in [0.15, 0.2) is 0 Å². The molecule has 1 saturated heterocycles. The molecule has 0 radical (unpaired) electrons. The van der Waals surface area contributed by atoms with Gasteiger partial charge in [0, 0.05) is 18.3 Å². The van der Waals surface area contributed by atoms with Crippen LogP contribution in [0.4, 0.5) is 18.9 Å². The highest BCUT2D eigenvalue weighted by molar-refractivity contribution is 5.69. The number of halogens is 3. The van der Waals surface area contributed by atoms with Crippen molar-refractivity contribution in [3.05, 3.63) is 29.8 Å². The molecular weight excluding hydrogens is 259 g/mol. The van der Waals surface area contributed by atoms with Gasteiger partial charge in [0.25, 0.3) is 0 Å². The van der Waals surface area contributed by atoms with E-state index in [4.69, 9.17) is 5.11 Å². The Bertz CT molecular complexity index is 456. The fourth-order valence-electron chi connectivity index (χ4n) is 2.43. The highest BCUT2D eigenvalue weighted by Crippen LogP contribution is 2.32. The van der Waals surface area contributed by atoms with Crippen LogP contribution in [0.5, 0.6) is 0 Å². The van der Waals surface area contributed by atoms with Crippen LogP contribution in [0.2, 0.25) is 0 Å². The van der Waals surface area contributed by atoms with Gasteiger partial charge in [-0.1, -0.05) is 0 Å². The number of rotatable bonds is 3. The van der Waals surface area contributed by atoms with Crippen LogP contribution in [-0.4, -0.2) is 23.7 Å². The summed E-state index contributed by atoms with van der Waals surface area (Å²) in [7, 11) is 0. The highest BCUT2D eigenvalue weighted by Gasteiger charge is 2.31. The number of carbonyl (C=O) groups is 1. The zero-order valence-corrected chi connectivity index (χ0v) is 10.2. The molecule has 2 rings (SSSR count). The van der Waals surface area contributed by atoms with Crippen LogP contribution in [0.15, 0.2) is 24.3 Å². The fraction of sp³-hybridized carbons (Fsp3) is 0.462. The number of aliphatic carboxylic acids is 1.